The number of hydrogen-bond donors (Lipinski definition) is 0. The highest BCUT2D eigenvalue weighted by atomic mass is 32.2. The first-order valence-electron chi connectivity index (χ1n) is 11.8. The van der Waals surface area contributed by atoms with E-state index in [4.69, 9.17) is 4.42 Å². The smallest absolute Gasteiger partial charge is 0.221 e. The summed E-state index contributed by atoms with van der Waals surface area (Å²) in [5.74, 6) is 0.513. The average Bonchev–Trinajstić information content (AvgIpc) is 3.38. The summed E-state index contributed by atoms with van der Waals surface area (Å²) in [6.07, 6.45) is 4.38. The van der Waals surface area contributed by atoms with Crippen LogP contribution in [0, 0.1) is 5.82 Å². The molecule has 0 bridgehead atoms. The van der Waals surface area contributed by atoms with Gasteiger partial charge in [0.15, 0.2) is 0 Å². The van der Waals surface area contributed by atoms with Crippen molar-refractivity contribution < 1.29 is 17.2 Å². The molecular weight excluding hydrogens is 455 g/mol. The van der Waals surface area contributed by atoms with Crippen molar-refractivity contribution in [3.8, 4) is 0 Å². The number of nitrogens with zero attached hydrogens (tertiary/aromatic N) is 4. The molecule has 0 radical (unpaired) electrons. The summed E-state index contributed by atoms with van der Waals surface area (Å²) in [5.41, 5.74) is 2.00. The van der Waals surface area contributed by atoms with Crippen LogP contribution in [0.3, 0.4) is 0 Å². The number of aromatic nitrogens is 2. The summed E-state index contributed by atoms with van der Waals surface area (Å²) in [4.78, 5) is 2.14. The van der Waals surface area contributed by atoms with Crippen molar-refractivity contribution in [3.05, 3.63) is 77.8 Å². The van der Waals surface area contributed by atoms with E-state index in [1.165, 1.54) is 16.8 Å². The normalized spacial score (nSPS) is 23.8. The van der Waals surface area contributed by atoms with Crippen LogP contribution in [0.4, 0.5) is 10.1 Å². The zero-order valence-electron chi connectivity index (χ0n) is 19.2. The largest absolute Gasteiger partial charge is 0.428 e. The number of sulfonamides is 1. The molecule has 7 nitrogen and oxygen atoms in total. The Hall–Kier alpha value is -2.78. The van der Waals surface area contributed by atoms with Crippen molar-refractivity contribution in [1.29, 1.82) is 0 Å². The monoisotopic (exact) mass is 484 g/mol. The molecule has 2 aromatic carbocycles. The molecule has 34 heavy (non-hydrogen) atoms. The molecule has 2 aliphatic heterocycles. The molecule has 9 heteroatoms. The molecule has 0 spiro atoms. The third kappa shape index (κ3) is 4.46. The molecule has 180 valence electrons. The molecular formula is C25H29FN4O3S. The van der Waals surface area contributed by atoms with Crippen molar-refractivity contribution in [2.75, 3.05) is 18.0 Å². The predicted octanol–water partition coefficient (Wildman–Crippen LogP) is 4.65. The second-order valence-electron chi connectivity index (χ2n) is 9.23. The zero-order valence-corrected chi connectivity index (χ0v) is 20.0. The number of halogens is 1. The number of hydrogen-bond acceptors (Lipinski definition) is 6. The van der Waals surface area contributed by atoms with Gasteiger partial charge in [0.1, 0.15) is 11.1 Å². The third-order valence-corrected chi connectivity index (χ3v) is 9.51. The van der Waals surface area contributed by atoms with E-state index >= 15 is 4.39 Å². The lowest BCUT2D eigenvalue weighted by atomic mass is 9.96. The Kier molecular flexibility index (Phi) is 6.40. The van der Waals surface area contributed by atoms with Crippen LogP contribution in [0.2, 0.25) is 0 Å². The van der Waals surface area contributed by atoms with Gasteiger partial charge in [-0.15, -0.1) is 10.2 Å². The van der Waals surface area contributed by atoms with Crippen LogP contribution in [-0.4, -0.2) is 42.1 Å². The summed E-state index contributed by atoms with van der Waals surface area (Å²) in [6.45, 7) is 3.47. The van der Waals surface area contributed by atoms with Gasteiger partial charge in [0.05, 0.1) is 0 Å². The van der Waals surface area contributed by atoms with Gasteiger partial charge in [-0.2, -0.15) is 4.31 Å². The van der Waals surface area contributed by atoms with Crippen LogP contribution < -0.4 is 4.90 Å². The fourth-order valence-corrected chi connectivity index (χ4v) is 7.31. The summed E-state index contributed by atoms with van der Waals surface area (Å²) >= 11 is 0. The predicted molar refractivity (Wildman–Crippen MR) is 127 cm³/mol. The standard InChI is InChI=1S/C25H29FN4O3S/c1-18-7-10-24(19-5-3-2-4-6-19)34(31,32)30(18)16-21-8-9-22(15-23(21)26)29-13-11-20(12-14-29)25-28-27-17-33-25/h2-6,8-9,15,17-18,20,24H,7,10-14,16H2,1H3/t18-,24?/m0/s1. The molecule has 1 unspecified atom stereocenters. The van der Waals surface area contributed by atoms with Crippen LogP contribution >= 0.6 is 0 Å². The molecule has 0 aliphatic carbocycles. The fraction of sp³-hybridized carbons (Fsp3) is 0.440. The van der Waals surface area contributed by atoms with Gasteiger partial charge in [-0.25, -0.2) is 12.8 Å². The Morgan fingerprint density at radius 1 is 1.06 bits per heavy atom. The highest BCUT2D eigenvalue weighted by Gasteiger charge is 2.40. The highest BCUT2D eigenvalue weighted by Crippen LogP contribution is 2.38. The van der Waals surface area contributed by atoms with Crippen molar-refractivity contribution in [1.82, 2.24) is 14.5 Å². The molecule has 5 rings (SSSR count). The van der Waals surface area contributed by atoms with Crippen LogP contribution in [0.1, 0.15) is 60.8 Å². The van der Waals surface area contributed by atoms with Gasteiger partial charge in [-0.3, -0.25) is 0 Å². The van der Waals surface area contributed by atoms with Crippen LogP contribution in [0.15, 0.2) is 59.3 Å². The first-order chi connectivity index (χ1) is 16.4. The van der Waals surface area contributed by atoms with E-state index in [-0.39, 0.29) is 24.3 Å². The van der Waals surface area contributed by atoms with E-state index in [1.807, 2.05) is 43.3 Å². The van der Waals surface area contributed by atoms with Crippen molar-refractivity contribution in [2.24, 2.45) is 0 Å². The molecule has 3 heterocycles. The third-order valence-electron chi connectivity index (χ3n) is 7.15. The molecule has 2 fully saturated rings. The first kappa shape index (κ1) is 23.0. The van der Waals surface area contributed by atoms with E-state index in [9.17, 15) is 8.42 Å². The van der Waals surface area contributed by atoms with Crippen molar-refractivity contribution >= 4 is 15.7 Å². The van der Waals surface area contributed by atoms with Crippen molar-refractivity contribution in [3.63, 3.8) is 0 Å². The summed E-state index contributed by atoms with van der Waals surface area (Å²) in [5, 5.41) is 7.18. The minimum Gasteiger partial charge on any atom is -0.428 e. The fourth-order valence-electron chi connectivity index (χ4n) is 5.13. The molecule has 0 saturated carbocycles. The number of anilines is 1. The Morgan fingerprint density at radius 2 is 1.82 bits per heavy atom. The van der Waals surface area contributed by atoms with Gasteiger partial charge in [-0.05, 0) is 50.3 Å². The summed E-state index contributed by atoms with van der Waals surface area (Å²) < 4.78 is 48.9. The molecule has 2 saturated heterocycles. The molecule has 2 atom stereocenters. The summed E-state index contributed by atoms with van der Waals surface area (Å²) in [6, 6.07) is 14.3. The maximum Gasteiger partial charge on any atom is 0.221 e. The summed E-state index contributed by atoms with van der Waals surface area (Å²) in [7, 11) is -3.60. The second-order valence-corrected chi connectivity index (χ2v) is 11.3. The lowest BCUT2D eigenvalue weighted by Gasteiger charge is -2.37. The Labute approximate surface area is 199 Å². The number of piperidine rings is 1. The SMILES string of the molecule is C[C@H]1CCC(c2ccccc2)S(=O)(=O)N1Cc1ccc(N2CCC(c3nnco3)CC2)cc1F. The number of benzene rings is 2. The minimum absolute atomic E-state index is 0.0399. The maximum absolute atomic E-state index is 15.2. The van der Waals surface area contributed by atoms with E-state index < -0.39 is 15.3 Å². The van der Waals surface area contributed by atoms with Crippen LogP contribution in [0.25, 0.3) is 0 Å². The maximum atomic E-state index is 15.2. The Balaban J connectivity index is 1.30. The van der Waals surface area contributed by atoms with Gasteiger partial charge in [-0.1, -0.05) is 36.4 Å². The molecule has 1 aromatic heterocycles. The average molecular weight is 485 g/mol. The van der Waals surface area contributed by atoms with Gasteiger partial charge < -0.3 is 9.32 Å². The van der Waals surface area contributed by atoms with E-state index in [2.05, 4.69) is 15.1 Å². The molecule has 3 aromatic rings. The Morgan fingerprint density at radius 3 is 2.50 bits per heavy atom. The molecule has 2 aliphatic rings. The van der Waals surface area contributed by atoms with E-state index in [0.717, 1.165) is 43.6 Å². The zero-order chi connectivity index (χ0) is 23.7. The van der Waals surface area contributed by atoms with Gasteiger partial charge in [0.2, 0.25) is 22.3 Å². The second kappa shape index (κ2) is 9.46. The highest BCUT2D eigenvalue weighted by molar-refractivity contribution is 7.89. The molecule has 0 N–H and O–H groups in total. The quantitative estimate of drug-likeness (QED) is 0.525. The van der Waals surface area contributed by atoms with Gasteiger partial charge in [0.25, 0.3) is 0 Å². The Bertz CT molecular complexity index is 1210. The van der Waals surface area contributed by atoms with Crippen LogP contribution in [0.5, 0.6) is 0 Å². The first-order valence-corrected chi connectivity index (χ1v) is 13.3. The number of rotatable bonds is 5. The van der Waals surface area contributed by atoms with Gasteiger partial charge >= 0.3 is 0 Å². The molecule has 0 amide bonds. The van der Waals surface area contributed by atoms with Gasteiger partial charge in [0, 0.05) is 42.8 Å². The van der Waals surface area contributed by atoms with E-state index in [1.54, 1.807) is 6.07 Å². The van der Waals surface area contributed by atoms with Crippen molar-refractivity contribution in [2.45, 2.75) is 56.4 Å². The topological polar surface area (TPSA) is 79.5 Å². The lowest BCUT2D eigenvalue weighted by Crippen LogP contribution is -2.44. The minimum atomic E-state index is -3.60. The van der Waals surface area contributed by atoms with Crippen LogP contribution in [-0.2, 0) is 16.6 Å². The lowest BCUT2D eigenvalue weighted by molar-refractivity contribution is 0.279. The van der Waals surface area contributed by atoms with E-state index in [0.29, 0.717) is 17.9 Å².